The number of aromatic nitrogens is 3. The number of rotatable bonds is 6. The van der Waals surface area contributed by atoms with Crippen LogP contribution in [0, 0.1) is 27.7 Å². The summed E-state index contributed by atoms with van der Waals surface area (Å²) in [6, 6.07) is 40.9. The van der Waals surface area contributed by atoms with Gasteiger partial charge >= 0.3 is 0 Å². The zero-order chi connectivity index (χ0) is 37.9. The van der Waals surface area contributed by atoms with E-state index in [0.717, 1.165) is 48.3 Å². The average Bonchev–Trinajstić information content (AvgIpc) is 3.53. The van der Waals surface area contributed by atoms with Gasteiger partial charge in [0.05, 0.1) is 29.3 Å². The van der Waals surface area contributed by atoms with Gasteiger partial charge in [0.1, 0.15) is 0 Å². The zero-order valence-electron chi connectivity index (χ0n) is 32.4. The maximum absolute atomic E-state index is 4.61. The van der Waals surface area contributed by atoms with E-state index in [1.54, 1.807) is 0 Å². The van der Waals surface area contributed by atoms with Crippen molar-refractivity contribution in [3.05, 3.63) is 184 Å². The number of pyridine rings is 2. The van der Waals surface area contributed by atoms with Crippen molar-refractivity contribution < 1.29 is 0 Å². The summed E-state index contributed by atoms with van der Waals surface area (Å²) >= 11 is 0. The van der Waals surface area contributed by atoms with Crippen molar-refractivity contribution in [1.82, 2.24) is 14.5 Å². The van der Waals surface area contributed by atoms with Crippen molar-refractivity contribution >= 4 is 33.9 Å². The van der Waals surface area contributed by atoms with Crippen LogP contribution in [-0.2, 0) is 19.3 Å². The molecular weight excluding hydrogens is 681 g/mol. The number of anilines is 2. The average molecular weight is 725 g/mol. The van der Waals surface area contributed by atoms with E-state index in [2.05, 4.69) is 163 Å². The van der Waals surface area contributed by atoms with E-state index < -0.39 is 0 Å². The summed E-state index contributed by atoms with van der Waals surface area (Å²) in [5, 5.41) is 5.07. The molecule has 2 aliphatic carbocycles. The molecule has 3 heterocycles. The van der Waals surface area contributed by atoms with E-state index in [1.807, 2.05) is 24.8 Å². The molecule has 0 radical (unpaired) electrons. The van der Waals surface area contributed by atoms with Crippen LogP contribution in [0.15, 0.2) is 134 Å². The van der Waals surface area contributed by atoms with Gasteiger partial charge in [-0.15, -0.1) is 0 Å². The lowest BCUT2D eigenvalue weighted by Gasteiger charge is -2.23. The van der Waals surface area contributed by atoms with Crippen LogP contribution in [0.5, 0.6) is 0 Å². The quantitative estimate of drug-likeness (QED) is 0.186. The van der Waals surface area contributed by atoms with Crippen LogP contribution in [-0.4, -0.2) is 14.5 Å². The van der Waals surface area contributed by atoms with Crippen molar-refractivity contribution in [3.8, 4) is 39.1 Å². The highest BCUT2D eigenvalue weighted by atomic mass is 15.0. The Hall–Kier alpha value is -6.52. The molecule has 0 saturated carbocycles. The normalized spacial score (nSPS) is 13.2. The Bertz CT molecular complexity index is 2850. The molecule has 8 aromatic rings. The Morgan fingerprint density at radius 2 is 1.20 bits per heavy atom. The molecule has 3 aromatic heterocycles. The molecule has 0 unspecified atom stereocenters. The summed E-state index contributed by atoms with van der Waals surface area (Å²) in [6.07, 6.45) is 14.2. The van der Waals surface area contributed by atoms with E-state index in [-0.39, 0.29) is 0 Å². The number of nitrogens with zero attached hydrogens (tertiary/aromatic N) is 3. The predicted molar refractivity (Wildman–Crippen MR) is 234 cm³/mol. The molecule has 272 valence electrons. The molecule has 0 fully saturated rings. The molecule has 0 atom stereocenters. The van der Waals surface area contributed by atoms with Gasteiger partial charge in [-0.05, 0) is 157 Å². The molecule has 0 amide bonds. The van der Waals surface area contributed by atoms with Gasteiger partial charge in [0.15, 0.2) is 0 Å². The molecule has 1 N–H and O–H groups in total. The fourth-order valence-corrected chi connectivity index (χ4v) is 8.84. The fraction of sp³-hybridized carbons (Fsp3) is 0.154. The van der Waals surface area contributed by atoms with Crippen molar-refractivity contribution in [2.75, 3.05) is 5.32 Å². The molecule has 4 nitrogen and oxygen atoms in total. The second-order valence-corrected chi connectivity index (χ2v) is 15.7. The Labute approximate surface area is 329 Å². The molecule has 2 aliphatic rings. The first-order valence-corrected chi connectivity index (χ1v) is 19.8. The third-order valence-corrected chi connectivity index (χ3v) is 12.0. The fourth-order valence-electron chi connectivity index (χ4n) is 8.84. The van der Waals surface area contributed by atoms with E-state index in [0.29, 0.717) is 0 Å². The summed E-state index contributed by atoms with van der Waals surface area (Å²) in [7, 11) is 0. The Morgan fingerprint density at radius 1 is 0.518 bits per heavy atom. The summed E-state index contributed by atoms with van der Waals surface area (Å²) < 4.78 is 2.51. The number of benzene rings is 5. The van der Waals surface area contributed by atoms with Gasteiger partial charge in [-0.1, -0.05) is 83.9 Å². The number of allylic oxidation sites excluding steroid dienone is 1. The van der Waals surface area contributed by atoms with Crippen LogP contribution in [0.25, 0.3) is 61.6 Å². The Balaban J connectivity index is 1.11. The van der Waals surface area contributed by atoms with Crippen LogP contribution in [0.3, 0.4) is 0 Å². The number of fused-ring (bicyclic) bond motifs is 6. The van der Waals surface area contributed by atoms with E-state index in [1.165, 1.54) is 94.5 Å². The lowest BCUT2D eigenvalue weighted by Crippen LogP contribution is -2.07. The minimum Gasteiger partial charge on any atom is -0.354 e. The van der Waals surface area contributed by atoms with Crippen LogP contribution >= 0.6 is 0 Å². The van der Waals surface area contributed by atoms with Crippen molar-refractivity contribution in [2.45, 2.75) is 53.4 Å². The SMILES string of the molecule is Cc1ccc(C2=Cc3c(n(-c4cnccc4C)c4cc5c(cc34)CCc3cc(-c4cc(-c6ccc(C)cc6)ccc4Nc4cnccc4C)ccc3-5)CC2)cc1. The van der Waals surface area contributed by atoms with Gasteiger partial charge in [-0.2, -0.15) is 0 Å². The number of hydrogen-bond acceptors (Lipinski definition) is 3. The number of nitrogens with one attached hydrogen (secondary N) is 1. The van der Waals surface area contributed by atoms with E-state index in [9.17, 15) is 0 Å². The zero-order valence-corrected chi connectivity index (χ0v) is 32.4. The smallest absolute Gasteiger partial charge is 0.0671 e. The van der Waals surface area contributed by atoms with Crippen LogP contribution in [0.4, 0.5) is 11.4 Å². The van der Waals surface area contributed by atoms with Gasteiger partial charge < -0.3 is 9.88 Å². The second-order valence-electron chi connectivity index (χ2n) is 15.7. The largest absolute Gasteiger partial charge is 0.354 e. The first kappa shape index (κ1) is 34.0. The lowest BCUT2D eigenvalue weighted by molar-refractivity contribution is 0.889. The van der Waals surface area contributed by atoms with E-state index in [4.69, 9.17) is 0 Å². The van der Waals surface area contributed by atoms with Crippen molar-refractivity contribution in [2.24, 2.45) is 0 Å². The van der Waals surface area contributed by atoms with Gasteiger partial charge in [0.2, 0.25) is 0 Å². The predicted octanol–water partition coefficient (Wildman–Crippen LogP) is 13.0. The molecule has 0 bridgehead atoms. The molecular formula is C52H44N4. The van der Waals surface area contributed by atoms with Crippen LogP contribution in [0.2, 0.25) is 0 Å². The monoisotopic (exact) mass is 724 g/mol. The van der Waals surface area contributed by atoms with Crippen molar-refractivity contribution in [3.63, 3.8) is 0 Å². The van der Waals surface area contributed by atoms with Gasteiger partial charge in [-0.3, -0.25) is 9.97 Å². The highest BCUT2D eigenvalue weighted by Crippen LogP contribution is 2.45. The maximum atomic E-state index is 4.61. The highest BCUT2D eigenvalue weighted by Gasteiger charge is 2.26. The minimum absolute atomic E-state index is 0.985. The van der Waals surface area contributed by atoms with E-state index >= 15 is 0 Å². The standard InChI is InChI=1S/C52H44N4/c1-32-5-9-36(10-6-32)38-16-19-48(55-49-30-53-23-21-34(49)3)45(26-38)41-15-18-43-40(25-41)13-14-42-28-47-46-27-39(37-11-7-33(2)8-12-37)17-20-50(46)56(51(47)29-44(42)43)52-31-54-24-22-35(52)4/h5-12,15-16,18-19,21-31,55H,13-14,17,20H2,1-4H3. The molecule has 56 heavy (non-hydrogen) atoms. The molecule has 0 spiro atoms. The summed E-state index contributed by atoms with van der Waals surface area (Å²) in [5.74, 6) is 0. The maximum Gasteiger partial charge on any atom is 0.0671 e. The summed E-state index contributed by atoms with van der Waals surface area (Å²) in [4.78, 5) is 9.03. The lowest BCUT2D eigenvalue weighted by atomic mass is 9.82. The van der Waals surface area contributed by atoms with Crippen LogP contribution in [0.1, 0.15) is 56.6 Å². The topological polar surface area (TPSA) is 42.7 Å². The Kier molecular flexibility index (Phi) is 8.29. The number of hydrogen-bond donors (Lipinski definition) is 1. The third-order valence-electron chi connectivity index (χ3n) is 12.0. The van der Waals surface area contributed by atoms with Crippen LogP contribution < -0.4 is 5.32 Å². The first-order chi connectivity index (χ1) is 27.4. The highest BCUT2D eigenvalue weighted by molar-refractivity contribution is 6.01. The molecule has 0 saturated heterocycles. The summed E-state index contributed by atoms with van der Waals surface area (Å²) in [6.45, 7) is 8.62. The Morgan fingerprint density at radius 3 is 1.95 bits per heavy atom. The second kappa shape index (κ2) is 13.6. The van der Waals surface area contributed by atoms with Crippen molar-refractivity contribution in [1.29, 1.82) is 0 Å². The minimum atomic E-state index is 0.985. The molecule has 0 aliphatic heterocycles. The van der Waals surface area contributed by atoms with Gasteiger partial charge in [-0.25, -0.2) is 0 Å². The summed E-state index contributed by atoms with van der Waals surface area (Å²) in [5.41, 5.74) is 25.2. The van der Waals surface area contributed by atoms with Gasteiger partial charge in [0, 0.05) is 40.3 Å². The molecule has 4 heteroatoms. The molecule has 10 rings (SSSR count). The first-order valence-electron chi connectivity index (χ1n) is 19.8. The molecule has 5 aromatic carbocycles. The number of aryl methyl sites for hydroxylation is 6. The third kappa shape index (κ3) is 5.93. The van der Waals surface area contributed by atoms with Gasteiger partial charge in [0.25, 0.3) is 0 Å².